The molecule has 0 bridgehead atoms. The third-order valence-corrected chi connectivity index (χ3v) is 4.46. The van der Waals surface area contributed by atoms with E-state index in [1.165, 1.54) is 18.6 Å². The van der Waals surface area contributed by atoms with Gasteiger partial charge in [-0.2, -0.15) is 21.6 Å². The van der Waals surface area contributed by atoms with E-state index < -0.39 is 20.4 Å². The van der Waals surface area contributed by atoms with Gasteiger partial charge in [-0.25, -0.2) is 0 Å². The summed E-state index contributed by atoms with van der Waals surface area (Å²) in [5, 5.41) is 0. The van der Waals surface area contributed by atoms with E-state index in [1.54, 1.807) is 18.2 Å². The van der Waals surface area contributed by atoms with Crippen LogP contribution in [0.5, 0.6) is 0 Å². The van der Waals surface area contributed by atoms with E-state index in [0.717, 1.165) is 25.7 Å². The summed E-state index contributed by atoms with van der Waals surface area (Å²) < 4.78 is 60.5. The number of hydrogen-bond acceptors (Lipinski definition) is 4. The lowest BCUT2D eigenvalue weighted by atomic mass is 9.96. The molecule has 3 N–H and O–H groups in total. The number of hydrogen-bond donors (Lipinski definition) is 3. The van der Waals surface area contributed by atoms with Gasteiger partial charge in [0, 0.05) is 6.04 Å². The van der Waals surface area contributed by atoms with Crippen LogP contribution in [-0.4, -0.2) is 32.0 Å². The fourth-order valence-electron chi connectivity index (χ4n) is 2.02. The van der Waals surface area contributed by atoms with Gasteiger partial charge < -0.3 is 0 Å². The van der Waals surface area contributed by atoms with E-state index in [9.17, 15) is 16.8 Å². The molecule has 21 heavy (non-hydrogen) atoms. The first-order valence-electron chi connectivity index (χ1n) is 6.46. The van der Waals surface area contributed by atoms with Crippen LogP contribution in [0.4, 0.5) is 0 Å². The minimum Gasteiger partial charge on any atom is -0.282 e. The lowest BCUT2D eigenvalue weighted by Crippen LogP contribution is -2.35. The van der Waals surface area contributed by atoms with Crippen LogP contribution in [-0.2, 0) is 20.4 Å². The molecular weight excluding hydrogens is 318 g/mol. The molecule has 1 aromatic carbocycles. The smallest absolute Gasteiger partial charge is 0.282 e. The van der Waals surface area contributed by atoms with E-state index in [2.05, 4.69) is 4.72 Å². The zero-order valence-electron chi connectivity index (χ0n) is 11.3. The van der Waals surface area contributed by atoms with Crippen LogP contribution in [0.15, 0.2) is 35.2 Å². The monoisotopic (exact) mass is 337 g/mol. The van der Waals surface area contributed by atoms with Crippen molar-refractivity contribution in [2.24, 2.45) is 0 Å². The van der Waals surface area contributed by atoms with Crippen LogP contribution in [0.1, 0.15) is 32.1 Å². The Morgan fingerprint density at radius 3 is 1.81 bits per heavy atom. The summed E-state index contributed by atoms with van der Waals surface area (Å²) in [6.07, 6.45) is 4.96. The zero-order chi connectivity index (χ0) is 15.9. The predicted molar refractivity (Wildman–Crippen MR) is 77.8 cm³/mol. The van der Waals surface area contributed by atoms with Gasteiger partial charge in [-0.15, -0.1) is 0 Å². The van der Waals surface area contributed by atoms with E-state index in [1.807, 2.05) is 0 Å². The highest BCUT2D eigenvalue weighted by atomic mass is 32.2. The maximum atomic E-state index is 10.4. The molecule has 0 heterocycles. The van der Waals surface area contributed by atoms with Gasteiger partial charge in [-0.3, -0.25) is 9.11 Å². The summed E-state index contributed by atoms with van der Waals surface area (Å²) in [7, 11) is -7.98. The molecule has 0 atom stereocenters. The summed E-state index contributed by atoms with van der Waals surface area (Å²) in [4.78, 5) is -0.0741. The Hall–Kier alpha value is -1.00. The second-order valence-corrected chi connectivity index (χ2v) is 7.32. The second-order valence-electron chi connectivity index (χ2n) is 4.72. The summed E-state index contributed by atoms with van der Waals surface area (Å²) >= 11 is 0. The van der Waals surface area contributed by atoms with Gasteiger partial charge >= 0.3 is 10.3 Å². The van der Waals surface area contributed by atoms with Crippen LogP contribution in [0.2, 0.25) is 0 Å². The average molecular weight is 337 g/mol. The minimum absolute atomic E-state index is 0.0428. The van der Waals surface area contributed by atoms with Crippen LogP contribution in [0.3, 0.4) is 0 Å². The molecule has 120 valence electrons. The molecule has 1 saturated carbocycles. The quantitative estimate of drug-likeness (QED) is 0.721. The normalized spacial score (nSPS) is 16.9. The van der Waals surface area contributed by atoms with Crippen molar-refractivity contribution in [2.45, 2.75) is 43.0 Å². The molecule has 7 nitrogen and oxygen atoms in total. The molecule has 0 aliphatic heterocycles. The van der Waals surface area contributed by atoms with Gasteiger partial charge in [-0.05, 0) is 25.0 Å². The van der Waals surface area contributed by atoms with E-state index >= 15 is 0 Å². The number of nitrogens with one attached hydrogen (secondary N) is 1. The van der Waals surface area contributed by atoms with Crippen molar-refractivity contribution in [1.29, 1.82) is 0 Å². The zero-order valence-corrected chi connectivity index (χ0v) is 13.0. The number of rotatable bonds is 3. The molecular formula is C12H19NO6S2. The van der Waals surface area contributed by atoms with E-state index in [0.29, 0.717) is 0 Å². The van der Waals surface area contributed by atoms with Gasteiger partial charge in [0.1, 0.15) is 0 Å². The minimum atomic E-state index is -4.00. The molecule has 0 amide bonds. The predicted octanol–water partition coefficient (Wildman–Crippen LogP) is 1.64. The topological polar surface area (TPSA) is 121 Å². The summed E-state index contributed by atoms with van der Waals surface area (Å²) in [5.74, 6) is 0. The van der Waals surface area contributed by atoms with Crippen molar-refractivity contribution in [2.75, 3.05) is 0 Å². The highest BCUT2D eigenvalue weighted by molar-refractivity contribution is 7.85. The Balaban J connectivity index is 0.000000211. The van der Waals surface area contributed by atoms with Crippen molar-refractivity contribution in [3.8, 4) is 0 Å². The Bertz CT molecular complexity index is 621. The molecule has 2 rings (SSSR count). The Kier molecular flexibility index (Phi) is 6.75. The first kappa shape index (κ1) is 18.1. The Labute approximate surface area is 125 Å². The third kappa shape index (κ3) is 8.12. The molecule has 9 heteroatoms. The van der Waals surface area contributed by atoms with Gasteiger partial charge in [-0.1, -0.05) is 37.5 Å². The molecule has 0 saturated heterocycles. The van der Waals surface area contributed by atoms with E-state index in [4.69, 9.17) is 9.11 Å². The van der Waals surface area contributed by atoms with Crippen molar-refractivity contribution >= 4 is 20.4 Å². The maximum absolute atomic E-state index is 10.4. The maximum Gasteiger partial charge on any atom is 0.333 e. The van der Waals surface area contributed by atoms with Crippen LogP contribution in [0.25, 0.3) is 0 Å². The highest BCUT2D eigenvalue weighted by Crippen LogP contribution is 2.17. The molecule has 0 aromatic heterocycles. The number of benzene rings is 1. The lowest BCUT2D eigenvalue weighted by molar-refractivity contribution is 0.389. The largest absolute Gasteiger partial charge is 0.333 e. The fraction of sp³-hybridized carbons (Fsp3) is 0.500. The van der Waals surface area contributed by atoms with Gasteiger partial charge in [0.2, 0.25) is 0 Å². The van der Waals surface area contributed by atoms with Crippen molar-refractivity contribution < 1.29 is 25.9 Å². The molecule has 1 aliphatic carbocycles. The standard InChI is InChI=1S/C6H13NO3S.C6H6O3S/c8-11(9,10)7-6-4-2-1-3-5-6;7-10(8,9)6-4-2-1-3-5-6/h6-7H,1-5H2,(H,8,9,10);1-5H,(H,7,8,9). The Morgan fingerprint density at radius 2 is 1.43 bits per heavy atom. The summed E-state index contributed by atoms with van der Waals surface area (Å²) in [6.45, 7) is 0. The molecule has 0 spiro atoms. The van der Waals surface area contributed by atoms with E-state index in [-0.39, 0.29) is 10.9 Å². The second kappa shape index (κ2) is 7.85. The highest BCUT2D eigenvalue weighted by Gasteiger charge is 2.17. The molecule has 1 aliphatic rings. The van der Waals surface area contributed by atoms with Crippen LogP contribution in [0, 0.1) is 0 Å². The first-order chi connectivity index (χ1) is 9.68. The fourth-order valence-corrected chi connectivity index (χ4v) is 3.18. The summed E-state index contributed by atoms with van der Waals surface area (Å²) in [5.41, 5.74) is 0. The van der Waals surface area contributed by atoms with Gasteiger partial charge in [0.15, 0.2) is 0 Å². The molecule has 0 radical (unpaired) electrons. The molecule has 1 aromatic rings. The van der Waals surface area contributed by atoms with Crippen LogP contribution < -0.4 is 4.72 Å². The molecule has 0 unspecified atom stereocenters. The van der Waals surface area contributed by atoms with Crippen LogP contribution >= 0.6 is 0 Å². The third-order valence-electron chi connectivity index (χ3n) is 2.96. The van der Waals surface area contributed by atoms with Gasteiger partial charge in [0.25, 0.3) is 10.1 Å². The average Bonchev–Trinajstić information content (AvgIpc) is 2.39. The van der Waals surface area contributed by atoms with Gasteiger partial charge in [0.05, 0.1) is 4.90 Å². The lowest BCUT2D eigenvalue weighted by Gasteiger charge is -2.20. The Morgan fingerprint density at radius 1 is 0.905 bits per heavy atom. The van der Waals surface area contributed by atoms with Crippen molar-refractivity contribution in [3.05, 3.63) is 30.3 Å². The SMILES string of the molecule is O=S(=O)(O)NC1CCCCC1.O=S(=O)(O)c1ccccc1. The summed E-state index contributed by atoms with van der Waals surface area (Å²) in [6, 6.07) is 7.38. The van der Waals surface area contributed by atoms with Crippen molar-refractivity contribution in [1.82, 2.24) is 4.72 Å². The molecule has 1 fully saturated rings. The first-order valence-corrected chi connectivity index (χ1v) is 9.34. The van der Waals surface area contributed by atoms with Crippen molar-refractivity contribution in [3.63, 3.8) is 0 Å².